The molecule has 0 saturated carbocycles. The third-order valence-corrected chi connectivity index (χ3v) is 3.59. The molecule has 2 rings (SSSR count). The molecule has 0 unspecified atom stereocenters. The first-order chi connectivity index (χ1) is 7.53. The summed E-state index contributed by atoms with van der Waals surface area (Å²) in [5, 5.41) is 5.46. The lowest BCUT2D eigenvalue weighted by Gasteiger charge is -2.24. The van der Waals surface area contributed by atoms with E-state index in [1.165, 1.54) is 5.56 Å². The van der Waals surface area contributed by atoms with Crippen LogP contribution in [0.2, 0.25) is 0 Å². The molecule has 0 bridgehead atoms. The molecule has 86 valence electrons. The number of thiophene rings is 1. The Bertz CT molecular complexity index is 504. The fourth-order valence-electron chi connectivity index (χ4n) is 1.43. The molecule has 5 heteroatoms. The standard InChI is InChI=1S/C11H16N4S/c1-7-4-16-9-8(7)13-6-14-10(9)15-11(2,3)5-12/h4,6H,5,12H2,1-3H3,(H,13,14,15). The lowest BCUT2D eigenvalue weighted by molar-refractivity contribution is 0.578. The number of aryl methyl sites for hydroxylation is 1. The molecule has 0 radical (unpaired) electrons. The third-order valence-electron chi connectivity index (χ3n) is 2.50. The molecule has 0 spiro atoms. The Morgan fingerprint density at radius 1 is 1.44 bits per heavy atom. The second-order valence-electron chi connectivity index (χ2n) is 4.53. The number of nitrogens with one attached hydrogen (secondary N) is 1. The second kappa shape index (κ2) is 3.99. The van der Waals surface area contributed by atoms with E-state index in [-0.39, 0.29) is 5.54 Å². The van der Waals surface area contributed by atoms with Crippen LogP contribution in [0.5, 0.6) is 0 Å². The molecule has 0 aliphatic carbocycles. The largest absolute Gasteiger partial charge is 0.363 e. The van der Waals surface area contributed by atoms with Gasteiger partial charge >= 0.3 is 0 Å². The predicted molar refractivity (Wildman–Crippen MR) is 68.9 cm³/mol. The van der Waals surface area contributed by atoms with Gasteiger partial charge in [0.1, 0.15) is 12.1 Å². The highest BCUT2D eigenvalue weighted by molar-refractivity contribution is 7.18. The minimum Gasteiger partial charge on any atom is -0.363 e. The lowest BCUT2D eigenvalue weighted by Crippen LogP contribution is -2.39. The predicted octanol–water partition coefficient (Wildman–Crippen LogP) is 2.15. The maximum atomic E-state index is 5.70. The Labute approximate surface area is 98.9 Å². The minimum atomic E-state index is -0.154. The molecule has 16 heavy (non-hydrogen) atoms. The first-order valence-corrected chi connectivity index (χ1v) is 6.08. The van der Waals surface area contributed by atoms with Crippen LogP contribution < -0.4 is 11.1 Å². The van der Waals surface area contributed by atoms with Gasteiger partial charge < -0.3 is 11.1 Å². The minimum absolute atomic E-state index is 0.154. The molecule has 2 heterocycles. The van der Waals surface area contributed by atoms with Gasteiger partial charge in [0, 0.05) is 12.1 Å². The summed E-state index contributed by atoms with van der Waals surface area (Å²) in [6, 6.07) is 0. The summed E-state index contributed by atoms with van der Waals surface area (Å²) in [6.07, 6.45) is 1.59. The van der Waals surface area contributed by atoms with Crippen molar-refractivity contribution >= 4 is 27.4 Å². The van der Waals surface area contributed by atoms with Crippen molar-refractivity contribution < 1.29 is 0 Å². The number of hydrogen-bond donors (Lipinski definition) is 2. The van der Waals surface area contributed by atoms with Gasteiger partial charge in [0.25, 0.3) is 0 Å². The fourth-order valence-corrected chi connectivity index (χ4v) is 2.38. The summed E-state index contributed by atoms with van der Waals surface area (Å²) in [5.41, 5.74) is 7.76. The summed E-state index contributed by atoms with van der Waals surface area (Å²) >= 11 is 1.66. The van der Waals surface area contributed by atoms with Gasteiger partial charge in [0.2, 0.25) is 0 Å². The summed E-state index contributed by atoms with van der Waals surface area (Å²) in [4.78, 5) is 8.57. The maximum absolute atomic E-state index is 5.70. The molecule has 2 aromatic heterocycles. The molecule has 2 aromatic rings. The van der Waals surface area contributed by atoms with Crippen molar-refractivity contribution in [1.82, 2.24) is 9.97 Å². The van der Waals surface area contributed by atoms with Crippen LogP contribution in [0.15, 0.2) is 11.7 Å². The number of fused-ring (bicyclic) bond motifs is 1. The summed E-state index contributed by atoms with van der Waals surface area (Å²) in [7, 11) is 0. The van der Waals surface area contributed by atoms with E-state index in [9.17, 15) is 0 Å². The Morgan fingerprint density at radius 3 is 2.88 bits per heavy atom. The van der Waals surface area contributed by atoms with E-state index < -0.39 is 0 Å². The van der Waals surface area contributed by atoms with Crippen LogP contribution in [0, 0.1) is 6.92 Å². The van der Waals surface area contributed by atoms with E-state index in [1.54, 1.807) is 17.7 Å². The van der Waals surface area contributed by atoms with Crippen molar-refractivity contribution in [2.75, 3.05) is 11.9 Å². The lowest BCUT2D eigenvalue weighted by atomic mass is 10.1. The molecule has 0 fully saturated rings. The van der Waals surface area contributed by atoms with Gasteiger partial charge in [-0.15, -0.1) is 11.3 Å². The van der Waals surface area contributed by atoms with Gasteiger partial charge in [-0.2, -0.15) is 0 Å². The van der Waals surface area contributed by atoms with Crippen molar-refractivity contribution in [3.05, 3.63) is 17.3 Å². The van der Waals surface area contributed by atoms with Gasteiger partial charge in [-0.05, 0) is 31.7 Å². The zero-order valence-corrected chi connectivity index (χ0v) is 10.6. The Kier molecular flexibility index (Phi) is 2.82. The van der Waals surface area contributed by atoms with E-state index in [0.717, 1.165) is 16.0 Å². The average molecular weight is 236 g/mol. The third kappa shape index (κ3) is 2.01. The SMILES string of the molecule is Cc1csc2c(NC(C)(C)CN)ncnc12. The van der Waals surface area contributed by atoms with Gasteiger partial charge in [0.15, 0.2) is 0 Å². The van der Waals surface area contributed by atoms with E-state index in [1.807, 2.05) is 0 Å². The van der Waals surface area contributed by atoms with Crippen LogP contribution in [0.4, 0.5) is 5.82 Å². The molecule has 0 aromatic carbocycles. The first-order valence-electron chi connectivity index (χ1n) is 5.20. The molecule has 0 aliphatic rings. The number of hydrogen-bond acceptors (Lipinski definition) is 5. The van der Waals surface area contributed by atoms with Gasteiger partial charge in [0.05, 0.1) is 10.2 Å². The van der Waals surface area contributed by atoms with Crippen LogP contribution in [0.1, 0.15) is 19.4 Å². The van der Waals surface area contributed by atoms with Crippen LogP contribution in [-0.2, 0) is 0 Å². The zero-order valence-electron chi connectivity index (χ0n) is 9.74. The summed E-state index contributed by atoms with van der Waals surface area (Å²) in [5.74, 6) is 0.874. The van der Waals surface area contributed by atoms with Gasteiger partial charge in [-0.1, -0.05) is 0 Å². The second-order valence-corrected chi connectivity index (χ2v) is 5.41. The highest BCUT2D eigenvalue weighted by atomic mass is 32.1. The number of nitrogens with zero attached hydrogens (tertiary/aromatic N) is 2. The van der Waals surface area contributed by atoms with Crippen LogP contribution in [0.25, 0.3) is 10.2 Å². The van der Waals surface area contributed by atoms with Crippen molar-refractivity contribution in [3.63, 3.8) is 0 Å². The van der Waals surface area contributed by atoms with Crippen LogP contribution in [-0.4, -0.2) is 22.1 Å². The van der Waals surface area contributed by atoms with E-state index in [0.29, 0.717) is 6.54 Å². The molecule has 0 aliphatic heterocycles. The maximum Gasteiger partial charge on any atom is 0.147 e. The quantitative estimate of drug-likeness (QED) is 0.857. The van der Waals surface area contributed by atoms with Crippen molar-refractivity contribution in [2.45, 2.75) is 26.3 Å². The van der Waals surface area contributed by atoms with Crippen molar-refractivity contribution in [2.24, 2.45) is 5.73 Å². The van der Waals surface area contributed by atoms with Gasteiger partial charge in [-0.3, -0.25) is 0 Å². The fraction of sp³-hybridized carbons (Fsp3) is 0.455. The normalized spacial score (nSPS) is 12.0. The highest BCUT2D eigenvalue weighted by Crippen LogP contribution is 2.29. The molecular formula is C11H16N4S. The van der Waals surface area contributed by atoms with Crippen LogP contribution >= 0.6 is 11.3 Å². The smallest absolute Gasteiger partial charge is 0.147 e. The summed E-state index contributed by atoms with van der Waals surface area (Å²) in [6.45, 7) is 6.73. The highest BCUT2D eigenvalue weighted by Gasteiger charge is 2.18. The molecule has 0 saturated heterocycles. The molecular weight excluding hydrogens is 220 g/mol. The Morgan fingerprint density at radius 2 is 2.19 bits per heavy atom. The topological polar surface area (TPSA) is 63.8 Å². The number of anilines is 1. The number of nitrogens with two attached hydrogens (primary N) is 1. The molecule has 4 nitrogen and oxygen atoms in total. The number of aromatic nitrogens is 2. The number of rotatable bonds is 3. The Balaban J connectivity index is 2.45. The zero-order chi connectivity index (χ0) is 11.8. The van der Waals surface area contributed by atoms with E-state index >= 15 is 0 Å². The van der Waals surface area contributed by atoms with E-state index in [2.05, 4.69) is 41.4 Å². The van der Waals surface area contributed by atoms with Crippen molar-refractivity contribution in [3.8, 4) is 0 Å². The summed E-state index contributed by atoms with van der Waals surface area (Å²) < 4.78 is 1.10. The molecule has 0 amide bonds. The van der Waals surface area contributed by atoms with E-state index in [4.69, 9.17) is 5.73 Å². The average Bonchev–Trinajstić information content (AvgIpc) is 2.62. The monoisotopic (exact) mass is 236 g/mol. The van der Waals surface area contributed by atoms with Crippen LogP contribution in [0.3, 0.4) is 0 Å². The van der Waals surface area contributed by atoms with Gasteiger partial charge in [-0.25, -0.2) is 9.97 Å². The molecule has 3 N–H and O–H groups in total. The molecule has 0 atom stereocenters. The Hall–Kier alpha value is -1.20. The van der Waals surface area contributed by atoms with Crippen molar-refractivity contribution in [1.29, 1.82) is 0 Å². The first kappa shape index (κ1) is 11.3.